The van der Waals surface area contributed by atoms with E-state index in [-0.39, 0.29) is 17.4 Å². The molecule has 0 aromatic carbocycles. The molecule has 1 spiro atoms. The zero-order valence-corrected chi connectivity index (χ0v) is 14.4. The summed E-state index contributed by atoms with van der Waals surface area (Å²) in [7, 11) is 0. The molecular formula is C17H26N2O2S. The second kappa shape index (κ2) is 6.30. The van der Waals surface area contributed by atoms with Gasteiger partial charge in [-0.3, -0.25) is 9.69 Å². The summed E-state index contributed by atoms with van der Waals surface area (Å²) >= 11 is 1.88. The van der Waals surface area contributed by atoms with Gasteiger partial charge in [0.05, 0.1) is 6.10 Å². The molecule has 1 N–H and O–H groups in total. The van der Waals surface area contributed by atoms with Gasteiger partial charge >= 0.3 is 0 Å². The number of nitrogens with zero attached hydrogens (tertiary/aromatic N) is 2. The molecule has 0 saturated carbocycles. The van der Waals surface area contributed by atoms with Crippen molar-refractivity contribution in [2.75, 3.05) is 26.2 Å². The molecule has 1 unspecified atom stereocenters. The first-order valence-corrected chi connectivity index (χ1v) is 8.99. The van der Waals surface area contributed by atoms with Crippen molar-refractivity contribution in [3.05, 3.63) is 21.9 Å². The average molecular weight is 322 g/mol. The second-order valence-electron chi connectivity index (χ2n) is 7.05. The van der Waals surface area contributed by atoms with E-state index in [4.69, 9.17) is 0 Å². The number of aliphatic hydroxyl groups excluding tert-OH is 1. The van der Waals surface area contributed by atoms with Gasteiger partial charge in [0, 0.05) is 36.3 Å². The summed E-state index contributed by atoms with van der Waals surface area (Å²) in [6.07, 6.45) is 2.66. The highest BCUT2D eigenvalue weighted by molar-refractivity contribution is 7.11. The predicted molar refractivity (Wildman–Crippen MR) is 88.9 cm³/mol. The van der Waals surface area contributed by atoms with Crippen molar-refractivity contribution in [1.82, 2.24) is 9.80 Å². The Morgan fingerprint density at radius 1 is 1.41 bits per heavy atom. The minimum Gasteiger partial charge on any atom is -0.391 e. The first-order valence-electron chi connectivity index (χ1n) is 8.17. The number of thiophene rings is 1. The van der Waals surface area contributed by atoms with Crippen molar-refractivity contribution in [1.29, 1.82) is 0 Å². The van der Waals surface area contributed by atoms with E-state index in [1.807, 2.05) is 16.2 Å². The molecule has 2 saturated heterocycles. The van der Waals surface area contributed by atoms with Crippen LogP contribution in [0.15, 0.2) is 12.1 Å². The number of carbonyl (C=O) groups excluding carboxylic acids is 1. The summed E-state index contributed by atoms with van der Waals surface area (Å²) in [4.78, 5) is 18.8. The van der Waals surface area contributed by atoms with Gasteiger partial charge in [-0.25, -0.2) is 0 Å². The number of carbonyl (C=O) groups is 1. The molecule has 2 fully saturated rings. The van der Waals surface area contributed by atoms with E-state index in [1.54, 1.807) is 6.92 Å². The highest BCUT2D eigenvalue weighted by atomic mass is 32.1. The number of β-amino-alcohol motifs (C(OH)–C–C–N with tert-alkyl or cyclic N) is 1. The molecule has 4 nitrogen and oxygen atoms in total. The number of rotatable bonds is 2. The molecule has 3 heterocycles. The molecule has 2 aliphatic rings. The van der Waals surface area contributed by atoms with Crippen molar-refractivity contribution >= 4 is 17.2 Å². The number of hydrogen-bond donors (Lipinski definition) is 1. The molecule has 22 heavy (non-hydrogen) atoms. The first-order chi connectivity index (χ1) is 10.5. The average Bonchev–Trinajstić information content (AvgIpc) is 2.86. The molecule has 5 heteroatoms. The Morgan fingerprint density at radius 3 is 2.73 bits per heavy atom. The highest BCUT2D eigenvalue weighted by Crippen LogP contribution is 2.40. The van der Waals surface area contributed by atoms with Crippen LogP contribution >= 0.6 is 11.3 Å². The third-order valence-corrected chi connectivity index (χ3v) is 6.15. The summed E-state index contributed by atoms with van der Waals surface area (Å²) in [5, 5.41) is 10.1. The van der Waals surface area contributed by atoms with E-state index < -0.39 is 0 Å². The van der Waals surface area contributed by atoms with Gasteiger partial charge in [0.25, 0.3) is 0 Å². The molecule has 1 amide bonds. The molecule has 0 bridgehead atoms. The molecule has 2 aliphatic heterocycles. The van der Waals surface area contributed by atoms with Crippen LogP contribution in [0.25, 0.3) is 0 Å². The monoisotopic (exact) mass is 322 g/mol. The van der Waals surface area contributed by atoms with Crippen molar-refractivity contribution in [2.24, 2.45) is 5.41 Å². The summed E-state index contributed by atoms with van der Waals surface area (Å²) < 4.78 is 0. The molecular weight excluding hydrogens is 296 g/mol. The van der Waals surface area contributed by atoms with Gasteiger partial charge in [-0.2, -0.15) is 0 Å². The maximum atomic E-state index is 11.7. The largest absolute Gasteiger partial charge is 0.391 e. The Hall–Kier alpha value is -0.910. The topological polar surface area (TPSA) is 43.8 Å². The Labute approximate surface area is 136 Å². The molecule has 122 valence electrons. The van der Waals surface area contributed by atoms with Gasteiger partial charge in [-0.1, -0.05) is 0 Å². The van der Waals surface area contributed by atoms with E-state index >= 15 is 0 Å². The zero-order chi connectivity index (χ0) is 15.7. The number of aliphatic hydroxyl groups is 1. The van der Waals surface area contributed by atoms with Crippen LogP contribution in [0.1, 0.15) is 35.9 Å². The van der Waals surface area contributed by atoms with Crippen LogP contribution in [0.5, 0.6) is 0 Å². The summed E-state index contributed by atoms with van der Waals surface area (Å²) in [5.41, 5.74) is 0.130. The van der Waals surface area contributed by atoms with E-state index in [9.17, 15) is 9.90 Å². The van der Waals surface area contributed by atoms with Crippen molar-refractivity contribution < 1.29 is 9.90 Å². The van der Waals surface area contributed by atoms with Crippen LogP contribution in [-0.4, -0.2) is 53.1 Å². The van der Waals surface area contributed by atoms with Gasteiger partial charge in [-0.05, 0) is 56.8 Å². The van der Waals surface area contributed by atoms with E-state index in [2.05, 4.69) is 24.0 Å². The quantitative estimate of drug-likeness (QED) is 0.908. The van der Waals surface area contributed by atoms with Gasteiger partial charge in [-0.15, -0.1) is 11.3 Å². The van der Waals surface area contributed by atoms with E-state index in [0.717, 1.165) is 45.4 Å². The molecule has 0 aliphatic carbocycles. The molecule has 0 radical (unpaired) electrons. The highest BCUT2D eigenvalue weighted by Gasteiger charge is 2.42. The van der Waals surface area contributed by atoms with Gasteiger partial charge in [0.1, 0.15) is 0 Å². The fraction of sp³-hybridized carbons (Fsp3) is 0.706. The maximum absolute atomic E-state index is 11.7. The lowest BCUT2D eigenvalue weighted by Crippen LogP contribution is -2.54. The standard InChI is InChI=1S/C17H26N2O2S/c1-13-3-4-16(22-13)11-18-7-5-17(6-8-18)9-15(21)10-19(12-17)14(2)20/h3-4,15,21H,5-12H2,1-2H3. The Balaban J connectivity index is 1.59. The van der Waals surface area contributed by atoms with Gasteiger partial charge in [0.2, 0.25) is 5.91 Å². The van der Waals surface area contributed by atoms with Gasteiger partial charge in [0.15, 0.2) is 0 Å². The van der Waals surface area contributed by atoms with E-state index in [1.165, 1.54) is 9.75 Å². The van der Waals surface area contributed by atoms with Crippen molar-refractivity contribution in [3.63, 3.8) is 0 Å². The number of likely N-dealkylation sites (tertiary alicyclic amines) is 2. The minimum absolute atomic E-state index is 0.0922. The third-order valence-electron chi connectivity index (χ3n) is 5.16. The zero-order valence-electron chi connectivity index (χ0n) is 13.5. The Kier molecular flexibility index (Phi) is 4.57. The maximum Gasteiger partial charge on any atom is 0.219 e. The number of aryl methyl sites for hydroxylation is 1. The lowest BCUT2D eigenvalue weighted by atomic mass is 9.71. The first kappa shape index (κ1) is 16.0. The van der Waals surface area contributed by atoms with Crippen LogP contribution in [0.2, 0.25) is 0 Å². The van der Waals surface area contributed by atoms with Crippen LogP contribution < -0.4 is 0 Å². The SMILES string of the molecule is CC(=O)N1CC(O)CC2(CCN(Cc3ccc(C)s3)CC2)C1. The summed E-state index contributed by atoms with van der Waals surface area (Å²) in [6, 6.07) is 4.42. The molecule has 1 aromatic rings. The fourth-order valence-corrected chi connectivity index (χ4v) is 4.86. The van der Waals surface area contributed by atoms with Crippen LogP contribution in [0.4, 0.5) is 0 Å². The van der Waals surface area contributed by atoms with Crippen molar-refractivity contribution in [2.45, 2.75) is 45.8 Å². The van der Waals surface area contributed by atoms with Crippen LogP contribution in [0.3, 0.4) is 0 Å². The predicted octanol–water partition coefficient (Wildman–Crippen LogP) is 2.25. The Bertz CT molecular complexity index is 535. The van der Waals surface area contributed by atoms with Crippen molar-refractivity contribution in [3.8, 4) is 0 Å². The number of piperidine rings is 2. The van der Waals surface area contributed by atoms with Crippen LogP contribution in [0, 0.1) is 12.3 Å². The molecule has 1 aromatic heterocycles. The normalized spacial score (nSPS) is 25.6. The second-order valence-corrected chi connectivity index (χ2v) is 8.42. The number of amides is 1. The third kappa shape index (κ3) is 3.53. The fourth-order valence-electron chi connectivity index (χ4n) is 3.93. The Morgan fingerprint density at radius 2 is 2.14 bits per heavy atom. The van der Waals surface area contributed by atoms with E-state index in [0.29, 0.717) is 6.54 Å². The minimum atomic E-state index is -0.357. The van der Waals surface area contributed by atoms with Crippen LogP contribution in [-0.2, 0) is 11.3 Å². The molecule has 3 rings (SSSR count). The number of hydrogen-bond acceptors (Lipinski definition) is 4. The summed E-state index contributed by atoms with van der Waals surface area (Å²) in [6.45, 7) is 8.26. The smallest absolute Gasteiger partial charge is 0.219 e. The molecule has 1 atom stereocenters. The lowest BCUT2D eigenvalue weighted by molar-refractivity contribution is -0.138. The van der Waals surface area contributed by atoms with Gasteiger partial charge < -0.3 is 10.0 Å². The lowest BCUT2D eigenvalue weighted by Gasteiger charge is -2.49. The summed E-state index contributed by atoms with van der Waals surface area (Å²) in [5.74, 6) is 0.0922.